The van der Waals surface area contributed by atoms with Gasteiger partial charge in [0.25, 0.3) is 0 Å². The van der Waals surface area contributed by atoms with E-state index < -0.39 is 5.41 Å². The van der Waals surface area contributed by atoms with Crippen molar-refractivity contribution in [2.45, 2.75) is 12.8 Å². The zero-order valence-corrected chi connectivity index (χ0v) is 10.0. The predicted molar refractivity (Wildman–Crippen MR) is 68.6 cm³/mol. The number of rotatable bonds is 6. The minimum Gasteiger partial charge on any atom is -0.478 e. The van der Waals surface area contributed by atoms with Gasteiger partial charge in [-0.3, -0.25) is 9.98 Å². The van der Waals surface area contributed by atoms with Crippen LogP contribution in [0.5, 0.6) is 0 Å². The van der Waals surface area contributed by atoms with Gasteiger partial charge >= 0.3 is 0 Å². The van der Waals surface area contributed by atoms with E-state index in [1.54, 1.807) is 0 Å². The van der Waals surface area contributed by atoms with Crippen molar-refractivity contribution in [1.29, 1.82) is 0 Å². The maximum Gasteiger partial charge on any atom is 0.200 e. The Labute approximate surface area is 102 Å². The molecule has 0 spiro atoms. The van der Waals surface area contributed by atoms with Gasteiger partial charge in [0.15, 0.2) is 11.8 Å². The summed E-state index contributed by atoms with van der Waals surface area (Å²) in [7, 11) is 0. The van der Waals surface area contributed by atoms with Gasteiger partial charge in [-0.15, -0.1) is 13.2 Å². The molecule has 17 heavy (non-hydrogen) atoms. The molecule has 4 nitrogen and oxygen atoms in total. The zero-order valence-electron chi connectivity index (χ0n) is 10.0. The first-order valence-electron chi connectivity index (χ1n) is 5.91. The summed E-state index contributed by atoms with van der Waals surface area (Å²) in [4.78, 5) is 8.86. The number of hydrogen-bond donors (Lipinski definition) is 0. The van der Waals surface area contributed by atoms with Crippen LogP contribution in [0, 0.1) is 5.41 Å². The van der Waals surface area contributed by atoms with Crippen molar-refractivity contribution < 1.29 is 9.47 Å². The molecule has 0 unspecified atom stereocenters. The van der Waals surface area contributed by atoms with Crippen molar-refractivity contribution in [3.63, 3.8) is 0 Å². The van der Waals surface area contributed by atoms with Crippen LogP contribution in [-0.4, -0.2) is 38.1 Å². The van der Waals surface area contributed by atoms with E-state index in [9.17, 15) is 0 Å². The van der Waals surface area contributed by atoms with Gasteiger partial charge in [0, 0.05) is 0 Å². The summed E-state index contributed by atoms with van der Waals surface area (Å²) in [5.41, 5.74) is -0.420. The average molecular weight is 234 g/mol. The molecule has 0 bridgehead atoms. The molecule has 0 aromatic heterocycles. The van der Waals surface area contributed by atoms with Crippen molar-refractivity contribution in [1.82, 2.24) is 0 Å². The Balaban J connectivity index is 2.36. The van der Waals surface area contributed by atoms with E-state index in [-0.39, 0.29) is 0 Å². The highest BCUT2D eigenvalue weighted by atomic mass is 16.5. The lowest BCUT2D eigenvalue weighted by molar-refractivity contribution is 0.267. The molecule has 0 amide bonds. The van der Waals surface area contributed by atoms with Gasteiger partial charge in [-0.25, -0.2) is 0 Å². The van der Waals surface area contributed by atoms with Crippen LogP contribution in [0.15, 0.2) is 35.3 Å². The number of allylic oxidation sites excluding steroid dienone is 2. The second-order valence-electron chi connectivity index (χ2n) is 4.14. The SMILES string of the molecule is C=CCC(CC=C)(C1=NCCO1)C1=NCCO1. The third-order valence-electron chi connectivity index (χ3n) is 2.98. The van der Waals surface area contributed by atoms with Crippen LogP contribution in [0.3, 0.4) is 0 Å². The molecule has 0 atom stereocenters. The predicted octanol–water partition coefficient (Wildman–Crippen LogP) is 1.98. The fourth-order valence-corrected chi connectivity index (χ4v) is 2.27. The first-order valence-corrected chi connectivity index (χ1v) is 5.91. The first-order chi connectivity index (χ1) is 8.33. The molecule has 2 aliphatic heterocycles. The van der Waals surface area contributed by atoms with Crippen molar-refractivity contribution in [3.8, 4) is 0 Å². The second-order valence-corrected chi connectivity index (χ2v) is 4.14. The van der Waals surface area contributed by atoms with Crippen LogP contribution >= 0.6 is 0 Å². The van der Waals surface area contributed by atoms with Crippen LogP contribution < -0.4 is 0 Å². The minimum absolute atomic E-state index is 0.420. The summed E-state index contributed by atoms with van der Waals surface area (Å²) in [6, 6.07) is 0. The summed E-state index contributed by atoms with van der Waals surface area (Å²) in [5.74, 6) is 1.44. The van der Waals surface area contributed by atoms with Crippen molar-refractivity contribution in [3.05, 3.63) is 25.3 Å². The quantitative estimate of drug-likeness (QED) is 0.659. The van der Waals surface area contributed by atoms with E-state index in [0.717, 1.165) is 11.8 Å². The summed E-state index contributed by atoms with van der Waals surface area (Å²) in [5, 5.41) is 0. The molecule has 0 radical (unpaired) electrons. The number of nitrogens with zero attached hydrogens (tertiary/aromatic N) is 2. The third-order valence-corrected chi connectivity index (χ3v) is 2.98. The van der Waals surface area contributed by atoms with E-state index in [0.29, 0.717) is 39.1 Å². The molecule has 0 saturated heterocycles. The van der Waals surface area contributed by atoms with Crippen molar-refractivity contribution in [2.75, 3.05) is 26.3 Å². The molecule has 2 rings (SSSR count). The van der Waals surface area contributed by atoms with Crippen LogP contribution in [0.1, 0.15) is 12.8 Å². The Kier molecular flexibility index (Phi) is 3.61. The summed E-state index contributed by atoms with van der Waals surface area (Å²) < 4.78 is 11.3. The summed E-state index contributed by atoms with van der Waals surface area (Å²) >= 11 is 0. The number of ether oxygens (including phenoxy) is 2. The van der Waals surface area contributed by atoms with Crippen LogP contribution in [0.25, 0.3) is 0 Å². The van der Waals surface area contributed by atoms with Crippen LogP contribution in [0.4, 0.5) is 0 Å². The highest BCUT2D eigenvalue weighted by Gasteiger charge is 2.44. The minimum atomic E-state index is -0.420. The molecular weight excluding hydrogens is 216 g/mol. The zero-order chi connectivity index (χ0) is 12.1. The number of hydrogen-bond acceptors (Lipinski definition) is 4. The van der Waals surface area contributed by atoms with E-state index in [1.165, 1.54) is 0 Å². The lowest BCUT2D eigenvalue weighted by atomic mass is 9.80. The summed E-state index contributed by atoms with van der Waals surface area (Å²) in [6.45, 7) is 10.3. The highest BCUT2D eigenvalue weighted by Crippen LogP contribution is 2.35. The van der Waals surface area contributed by atoms with Crippen molar-refractivity contribution in [2.24, 2.45) is 15.4 Å². The van der Waals surface area contributed by atoms with Gasteiger partial charge < -0.3 is 9.47 Å². The fourth-order valence-electron chi connectivity index (χ4n) is 2.27. The van der Waals surface area contributed by atoms with Gasteiger partial charge in [-0.1, -0.05) is 12.2 Å². The second kappa shape index (κ2) is 5.17. The Hall–Kier alpha value is -1.58. The van der Waals surface area contributed by atoms with Crippen molar-refractivity contribution >= 4 is 11.8 Å². The summed E-state index contributed by atoms with van der Waals surface area (Å²) in [6.07, 6.45) is 5.13. The molecule has 4 heteroatoms. The molecule has 0 aromatic rings. The maximum atomic E-state index is 5.63. The molecule has 0 aliphatic carbocycles. The van der Waals surface area contributed by atoms with Crippen LogP contribution in [0.2, 0.25) is 0 Å². The lowest BCUT2D eigenvalue weighted by Crippen LogP contribution is -2.39. The molecular formula is C13H18N2O2. The average Bonchev–Trinajstić information content (AvgIpc) is 3.02. The van der Waals surface area contributed by atoms with E-state index in [2.05, 4.69) is 23.1 Å². The normalized spacial score (nSPS) is 19.1. The van der Waals surface area contributed by atoms with E-state index in [1.807, 2.05) is 12.2 Å². The third kappa shape index (κ3) is 2.12. The molecule has 0 aromatic carbocycles. The van der Waals surface area contributed by atoms with Gasteiger partial charge in [0.1, 0.15) is 18.6 Å². The molecule has 0 N–H and O–H groups in total. The smallest absolute Gasteiger partial charge is 0.200 e. The Morgan fingerprint density at radius 1 is 1.00 bits per heavy atom. The van der Waals surface area contributed by atoms with Crippen LogP contribution in [-0.2, 0) is 9.47 Å². The van der Waals surface area contributed by atoms with E-state index in [4.69, 9.17) is 9.47 Å². The van der Waals surface area contributed by atoms with E-state index >= 15 is 0 Å². The standard InChI is InChI=1S/C13H18N2O2/c1-3-5-13(6-4-2,11-14-7-9-16-11)12-15-8-10-17-12/h3-4H,1-2,5-10H2. The largest absolute Gasteiger partial charge is 0.478 e. The Morgan fingerprint density at radius 3 is 1.76 bits per heavy atom. The molecule has 0 saturated carbocycles. The number of aliphatic imine (C=N–C) groups is 2. The van der Waals surface area contributed by atoms with Gasteiger partial charge in [0.05, 0.1) is 13.1 Å². The topological polar surface area (TPSA) is 43.2 Å². The monoisotopic (exact) mass is 234 g/mol. The Morgan fingerprint density at radius 2 is 1.47 bits per heavy atom. The molecule has 0 fully saturated rings. The maximum absolute atomic E-state index is 5.63. The Bertz CT molecular complexity index is 336. The molecule has 92 valence electrons. The fraction of sp³-hybridized carbons (Fsp3) is 0.538. The van der Waals surface area contributed by atoms with Gasteiger partial charge in [0.2, 0.25) is 0 Å². The van der Waals surface area contributed by atoms with Gasteiger partial charge in [-0.05, 0) is 12.8 Å². The lowest BCUT2D eigenvalue weighted by Gasteiger charge is -2.30. The van der Waals surface area contributed by atoms with Gasteiger partial charge in [-0.2, -0.15) is 0 Å². The first kappa shape index (κ1) is 11.9. The highest BCUT2D eigenvalue weighted by molar-refractivity contribution is 6.06. The molecule has 2 heterocycles. The molecule has 2 aliphatic rings.